The van der Waals surface area contributed by atoms with Gasteiger partial charge in [-0.1, -0.05) is 11.8 Å². The van der Waals surface area contributed by atoms with Crippen LogP contribution in [0.1, 0.15) is 6.42 Å². The number of aliphatic hydroxyl groups excluding tert-OH is 2. The summed E-state index contributed by atoms with van der Waals surface area (Å²) < 4.78 is 1.78. The van der Waals surface area contributed by atoms with Gasteiger partial charge in [-0.05, 0) is 50.8 Å². The highest BCUT2D eigenvalue weighted by molar-refractivity contribution is 8.15. The number of aliphatic hydroxyl groups is 2. The van der Waals surface area contributed by atoms with Crippen molar-refractivity contribution in [3.8, 4) is 5.69 Å². The summed E-state index contributed by atoms with van der Waals surface area (Å²) >= 11 is 1.45. The Bertz CT molecular complexity index is 918. The molecule has 1 saturated carbocycles. The minimum absolute atomic E-state index is 0.102. The van der Waals surface area contributed by atoms with Crippen LogP contribution in [-0.4, -0.2) is 86.7 Å². The Morgan fingerprint density at radius 2 is 2.06 bits per heavy atom. The van der Waals surface area contributed by atoms with E-state index in [0.717, 1.165) is 17.9 Å². The second-order valence-corrected chi connectivity index (χ2v) is 9.29. The van der Waals surface area contributed by atoms with Gasteiger partial charge in [0.15, 0.2) is 5.17 Å². The molecule has 166 valence electrons. The predicted octanol–water partition coefficient (Wildman–Crippen LogP) is 0.544. The number of aliphatic imine (C=N–C) groups is 1. The van der Waals surface area contributed by atoms with E-state index >= 15 is 0 Å². The first-order valence-electron chi connectivity index (χ1n) is 10.3. The van der Waals surface area contributed by atoms with Gasteiger partial charge in [-0.25, -0.2) is 4.68 Å². The number of carbonyl (C=O) groups is 1. The van der Waals surface area contributed by atoms with Gasteiger partial charge in [-0.2, -0.15) is 5.10 Å². The summed E-state index contributed by atoms with van der Waals surface area (Å²) in [7, 11) is 3.90. The molecule has 1 aromatic heterocycles. The first-order valence-corrected chi connectivity index (χ1v) is 11.2. The van der Waals surface area contributed by atoms with Crippen LogP contribution in [0.25, 0.3) is 5.69 Å². The third kappa shape index (κ3) is 4.93. The summed E-state index contributed by atoms with van der Waals surface area (Å²) in [6.07, 6.45) is 1.88. The van der Waals surface area contributed by atoms with Crippen molar-refractivity contribution in [3.05, 3.63) is 42.7 Å². The Morgan fingerprint density at radius 3 is 2.74 bits per heavy atom. The molecule has 0 spiro atoms. The normalized spacial score (nSPS) is 27.6. The summed E-state index contributed by atoms with van der Waals surface area (Å²) in [4.78, 5) is 19.4. The lowest BCUT2D eigenvalue weighted by molar-refractivity contribution is -0.129. The zero-order valence-electron chi connectivity index (χ0n) is 17.5. The van der Waals surface area contributed by atoms with Crippen molar-refractivity contribution in [2.75, 3.05) is 32.5 Å². The van der Waals surface area contributed by atoms with Crippen molar-refractivity contribution in [3.63, 3.8) is 0 Å². The molecule has 1 aliphatic heterocycles. The molecule has 0 bridgehead atoms. The number of benzene rings is 1. The molecule has 1 fully saturated rings. The summed E-state index contributed by atoms with van der Waals surface area (Å²) in [5.41, 5.74) is 1.79. The van der Waals surface area contributed by atoms with Crippen LogP contribution in [0.3, 0.4) is 0 Å². The van der Waals surface area contributed by atoms with Gasteiger partial charge in [0, 0.05) is 36.4 Å². The zero-order chi connectivity index (χ0) is 22.0. The molecule has 0 saturated heterocycles. The lowest BCUT2D eigenvalue weighted by atomic mass is 9.81. The maximum Gasteiger partial charge on any atom is 0.224 e. The van der Waals surface area contributed by atoms with E-state index in [9.17, 15) is 15.0 Å². The number of carbonyl (C=O) groups excluding carboxylic acids is 1. The number of nitrogens with one attached hydrogen (secondary N) is 2. The lowest BCUT2D eigenvalue weighted by Crippen LogP contribution is -2.54. The van der Waals surface area contributed by atoms with Crippen LogP contribution in [0, 0.1) is 5.92 Å². The van der Waals surface area contributed by atoms with Crippen LogP contribution >= 0.6 is 11.8 Å². The number of likely N-dealkylation sites (N-methyl/N-ethyl adjacent to an activating group) is 1. The number of rotatable bonds is 6. The lowest BCUT2D eigenvalue weighted by Gasteiger charge is -2.37. The summed E-state index contributed by atoms with van der Waals surface area (Å²) in [5, 5.41) is 31.6. The van der Waals surface area contributed by atoms with Crippen LogP contribution in [0.4, 0.5) is 5.69 Å². The highest BCUT2D eigenvalue weighted by atomic mass is 32.2. The molecule has 0 unspecified atom stereocenters. The Hall–Kier alpha value is -2.40. The number of amidine groups is 1. The number of hydrogen-bond acceptors (Lipinski definition) is 8. The van der Waals surface area contributed by atoms with Crippen molar-refractivity contribution in [1.82, 2.24) is 20.0 Å². The number of hydrogen-bond donors (Lipinski definition) is 4. The average molecular weight is 445 g/mol. The van der Waals surface area contributed by atoms with Gasteiger partial charge in [0.05, 0.1) is 23.8 Å². The summed E-state index contributed by atoms with van der Waals surface area (Å²) in [6, 6.07) is 9.09. The van der Waals surface area contributed by atoms with Crippen molar-refractivity contribution >= 4 is 28.5 Å². The predicted molar refractivity (Wildman–Crippen MR) is 121 cm³/mol. The van der Waals surface area contributed by atoms with Gasteiger partial charge in [0.1, 0.15) is 6.10 Å². The molecule has 9 nitrogen and oxygen atoms in total. The minimum Gasteiger partial charge on any atom is -0.390 e. The van der Waals surface area contributed by atoms with Crippen LogP contribution in [0.5, 0.6) is 0 Å². The first-order chi connectivity index (χ1) is 14.9. The van der Waals surface area contributed by atoms with E-state index in [0.29, 0.717) is 11.7 Å². The Balaban J connectivity index is 1.42. The molecule has 0 radical (unpaired) electrons. The smallest absolute Gasteiger partial charge is 0.224 e. The molecule has 4 N–H and O–H groups in total. The van der Waals surface area contributed by atoms with Crippen molar-refractivity contribution in [1.29, 1.82) is 0 Å². The van der Waals surface area contributed by atoms with Crippen LogP contribution in [0.15, 0.2) is 47.7 Å². The molecule has 10 heteroatoms. The Morgan fingerprint density at radius 1 is 1.29 bits per heavy atom. The number of amides is 1. The molecular weight excluding hydrogens is 416 g/mol. The standard InChI is InChI=1S/C21H28N6O3S/c1-26(2)11-9-22-20(30)15-12-16(28)18(29)17-19(15)31-21(25-17)24-13-4-6-14(7-5-13)27-10-3-8-23-27/h3-8,10,15-19,28-29H,9,11-12H2,1-2H3,(H,22,30)(H,24,25)/t15-,16-,17-,18+,19-/m1/s1. The van der Waals surface area contributed by atoms with Gasteiger partial charge < -0.3 is 25.7 Å². The SMILES string of the molecule is CN(C)CCNC(=O)[C@@H]1C[C@@H](O)[C@H](O)[C@H]2N=C(Nc3ccc(-n4cccn4)cc3)S[C@@H]21. The monoisotopic (exact) mass is 444 g/mol. The third-order valence-electron chi connectivity index (χ3n) is 5.57. The second kappa shape index (κ2) is 9.39. The number of thioether (sulfide) groups is 1. The van der Waals surface area contributed by atoms with E-state index < -0.39 is 24.2 Å². The molecule has 4 rings (SSSR count). The molecular formula is C21H28N6O3S. The first kappa shape index (κ1) is 21.8. The fourth-order valence-corrected chi connectivity index (χ4v) is 5.26. The number of nitrogens with zero attached hydrogens (tertiary/aromatic N) is 4. The van der Waals surface area contributed by atoms with Crippen LogP contribution in [0.2, 0.25) is 0 Å². The van der Waals surface area contributed by atoms with E-state index in [1.807, 2.05) is 55.5 Å². The van der Waals surface area contributed by atoms with Crippen LogP contribution in [-0.2, 0) is 4.79 Å². The third-order valence-corrected chi connectivity index (χ3v) is 6.88. The molecule has 2 aromatic rings. The van der Waals surface area contributed by atoms with Crippen LogP contribution < -0.4 is 10.6 Å². The van der Waals surface area contributed by atoms with Gasteiger partial charge in [-0.15, -0.1) is 0 Å². The van der Waals surface area contributed by atoms with Gasteiger partial charge in [-0.3, -0.25) is 9.79 Å². The van der Waals surface area contributed by atoms with E-state index in [4.69, 9.17) is 0 Å². The molecule has 5 atom stereocenters. The summed E-state index contributed by atoms with van der Waals surface area (Å²) in [6.45, 7) is 1.28. The van der Waals surface area contributed by atoms with Crippen molar-refractivity contribution in [2.24, 2.45) is 10.9 Å². The largest absolute Gasteiger partial charge is 0.390 e. The molecule has 1 amide bonds. The number of anilines is 1. The average Bonchev–Trinajstić information content (AvgIpc) is 3.41. The van der Waals surface area contributed by atoms with Crippen molar-refractivity contribution < 1.29 is 15.0 Å². The van der Waals surface area contributed by atoms with Gasteiger partial charge >= 0.3 is 0 Å². The Kier molecular flexibility index (Phi) is 6.61. The molecule has 31 heavy (non-hydrogen) atoms. The maximum atomic E-state index is 12.8. The van der Waals surface area contributed by atoms with Gasteiger partial charge in [0.2, 0.25) is 5.91 Å². The second-order valence-electron chi connectivity index (χ2n) is 8.12. The molecule has 1 aromatic carbocycles. The van der Waals surface area contributed by atoms with Crippen molar-refractivity contribution in [2.45, 2.75) is 29.9 Å². The number of aromatic nitrogens is 2. The maximum absolute atomic E-state index is 12.8. The fourth-order valence-electron chi connectivity index (χ4n) is 3.88. The van der Waals surface area contributed by atoms with Gasteiger partial charge in [0.25, 0.3) is 0 Å². The topological polar surface area (TPSA) is 115 Å². The van der Waals surface area contributed by atoms with E-state index in [1.54, 1.807) is 10.9 Å². The highest BCUT2D eigenvalue weighted by Gasteiger charge is 2.50. The molecule has 2 heterocycles. The minimum atomic E-state index is -0.982. The van der Waals surface area contributed by atoms with E-state index in [-0.39, 0.29) is 17.6 Å². The molecule has 1 aliphatic carbocycles. The quantitative estimate of drug-likeness (QED) is 0.514. The Labute approximate surface area is 185 Å². The fraction of sp³-hybridized carbons (Fsp3) is 0.476. The zero-order valence-corrected chi connectivity index (χ0v) is 18.4. The number of fused-ring (bicyclic) bond motifs is 1. The van der Waals surface area contributed by atoms with E-state index in [1.165, 1.54) is 11.8 Å². The summed E-state index contributed by atoms with van der Waals surface area (Å²) in [5.74, 6) is -0.517. The highest BCUT2D eigenvalue weighted by Crippen LogP contribution is 2.41. The molecule has 2 aliphatic rings. The van der Waals surface area contributed by atoms with E-state index in [2.05, 4.69) is 20.7 Å².